The highest BCUT2D eigenvalue weighted by Crippen LogP contribution is 2.39. The molecule has 1 fully saturated rings. The largest absolute Gasteiger partial charge is 0.469 e. The Morgan fingerprint density at radius 2 is 2.25 bits per heavy atom. The molecule has 3 nitrogen and oxygen atoms in total. The zero-order chi connectivity index (χ0) is 12.2. The topological polar surface area (TPSA) is 52.3 Å². The van der Waals surface area contributed by atoms with Gasteiger partial charge in [-0.3, -0.25) is 4.79 Å². The van der Waals surface area contributed by atoms with Crippen LogP contribution in [0.3, 0.4) is 0 Å². The minimum Gasteiger partial charge on any atom is -0.469 e. The van der Waals surface area contributed by atoms with Crippen molar-refractivity contribution < 1.29 is 9.53 Å². The highest BCUT2D eigenvalue weighted by Gasteiger charge is 2.33. The van der Waals surface area contributed by atoms with E-state index < -0.39 is 0 Å². The number of methoxy groups -OCH3 is 1. The molecule has 1 saturated carbocycles. The van der Waals surface area contributed by atoms with Gasteiger partial charge in [0.15, 0.2) is 0 Å². The maximum atomic E-state index is 11.0. The van der Waals surface area contributed by atoms with Gasteiger partial charge in [-0.1, -0.05) is 13.8 Å². The van der Waals surface area contributed by atoms with Crippen LogP contribution in [-0.4, -0.2) is 30.1 Å². The summed E-state index contributed by atoms with van der Waals surface area (Å²) in [6, 6.07) is 0.288. The third kappa shape index (κ3) is 4.34. The number of carbonyl (C=O) groups excluding carboxylic acids is 1. The first-order chi connectivity index (χ1) is 7.44. The molecule has 0 aromatic carbocycles. The standard InChI is InChI=1S/C12H23NO2S/c1-12(2)6-4-9(13)10(8-12)16-7-5-11(14)15-3/h9-10H,4-8,13H2,1-3H3. The van der Waals surface area contributed by atoms with Gasteiger partial charge in [-0.25, -0.2) is 0 Å². The Morgan fingerprint density at radius 1 is 1.56 bits per heavy atom. The number of esters is 1. The van der Waals surface area contributed by atoms with E-state index in [2.05, 4.69) is 18.6 Å². The van der Waals surface area contributed by atoms with Crippen LogP contribution in [0.5, 0.6) is 0 Å². The number of nitrogens with two attached hydrogens (primary N) is 1. The lowest BCUT2D eigenvalue weighted by Crippen LogP contribution is -2.41. The van der Waals surface area contributed by atoms with Crippen LogP contribution in [-0.2, 0) is 9.53 Å². The summed E-state index contributed by atoms with van der Waals surface area (Å²) in [7, 11) is 1.43. The molecule has 0 aliphatic heterocycles. The Kier molecular flexibility index (Phi) is 5.12. The summed E-state index contributed by atoms with van der Waals surface area (Å²) in [5.74, 6) is 0.692. The van der Waals surface area contributed by atoms with E-state index in [9.17, 15) is 4.79 Å². The number of hydrogen-bond donors (Lipinski definition) is 1. The first kappa shape index (κ1) is 13.8. The summed E-state index contributed by atoms with van der Waals surface area (Å²) in [6.45, 7) is 4.60. The Hall–Kier alpha value is -0.220. The van der Waals surface area contributed by atoms with Gasteiger partial charge in [0.2, 0.25) is 0 Å². The summed E-state index contributed by atoms with van der Waals surface area (Å²) in [4.78, 5) is 11.0. The predicted molar refractivity (Wildman–Crippen MR) is 68.5 cm³/mol. The van der Waals surface area contributed by atoms with Crippen molar-refractivity contribution >= 4 is 17.7 Å². The van der Waals surface area contributed by atoms with Crippen LogP contribution in [0.15, 0.2) is 0 Å². The first-order valence-electron chi connectivity index (χ1n) is 5.88. The Bertz CT molecular complexity index is 243. The molecule has 1 rings (SSSR count). The molecule has 0 aromatic rings. The van der Waals surface area contributed by atoms with E-state index in [4.69, 9.17) is 5.73 Å². The van der Waals surface area contributed by atoms with Crippen molar-refractivity contribution in [3.8, 4) is 0 Å². The van der Waals surface area contributed by atoms with Gasteiger partial charge < -0.3 is 10.5 Å². The van der Waals surface area contributed by atoms with E-state index >= 15 is 0 Å². The summed E-state index contributed by atoms with van der Waals surface area (Å²) >= 11 is 1.83. The molecule has 94 valence electrons. The Balaban J connectivity index is 2.31. The molecule has 0 amide bonds. The molecule has 0 saturated heterocycles. The van der Waals surface area contributed by atoms with Crippen molar-refractivity contribution in [3.05, 3.63) is 0 Å². The third-order valence-corrected chi connectivity index (χ3v) is 4.64. The fourth-order valence-corrected chi connectivity index (χ4v) is 3.66. The van der Waals surface area contributed by atoms with Crippen LogP contribution < -0.4 is 5.73 Å². The Morgan fingerprint density at radius 3 is 2.88 bits per heavy atom. The molecule has 0 bridgehead atoms. The molecule has 1 aliphatic carbocycles. The van der Waals surface area contributed by atoms with Crippen molar-refractivity contribution in [1.82, 2.24) is 0 Å². The number of hydrogen-bond acceptors (Lipinski definition) is 4. The van der Waals surface area contributed by atoms with Gasteiger partial charge in [-0.2, -0.15) is 11.8 Å². The van der Waals surface area contributed by atoms with Crippen molar-refractivity contribution in [1.29, 1.82) is 0 Å². The average molecular weight is 245 g/mol. The highest BCUT2D eigenvalue weighted by molar-refractivity contribution is 7.99. The molecule has 2 unspecified atom stereocenters. The van der Waals surface area contributed by atoms with Gasteiger partial charge in [-0.15, -0.1) is 0 Å². The lowest BCUT2D eigenvalue weighted by molar-refractivity contribution is -0.140. The second-order valence-electron chi connectivity index (χ2n) is 5.31. The molecule has 0 radical (unpaired) electrons. The average Bonchev–Trinajstić information content (AvgIpc) is 2.22. The second-order valence-corrected chi connectivity index (χ2v) is 6.65. The zero-order valence-electron chi connectivity index (χ0n) is 10.5. The summed E-state index contributed by atoms with van der Waals surface area (Å²) < 4.78 is 4.62. The van der Waals surface area contributed by atoms with E-state index in [1.54, 1.807) is 0 Å². The minimum absolute atomic E-state index is 0.129. The van der Waals surface area contributed by atoms with Crippen LogP contribution in [0.4, 0.5) is 0 Å². The molecule has 4 heteroatoms. The molecule has 0 spiro atoms. The zero-order valence-corrected chi connectivity index (χ0v) is 11.3. The molecule has 0 aromatic heterocycles. The van der Waals surface area contributed by atoms with E-state index in [0.717, 1.165) is 18.6 Å². The molecular weight excluding hydrogens is 222 g/mol. The maximum absolute atomic E-state index is 11.0. The van der Waals surface area contributed by atoms with E-state index in [0.29, 0.717) is 17.1 Å². The number of ether oxygens (including phenoxy) is 1. The van der Waals surface area contributed by atoms with Gasteiger partial charge in [0.05, 0.1) is 13.5 Å². The van der Waals surface area contributed by atoms with Crippen LogP contribution in [0.25, 0.3) is 0 Å². The van der Waals surface area contributed by atoms with Gasteiger partial charge in [-0.05, 0) is 24.7 Å². The predicted octanol–water partition coefficient (Wildman–Crippen LogP) is 2.19. The number of rotatable bonds is 4. The van der Waals surface area contributed by atoms with E-state index in [-0.39, 0.29) is 12.0 Å². The normalized spacial score (nSPS) is 28.8. The quantitative estimate of drug-likeness (QED) is 0.771. The Labute approximate surface area is 102 Å². The van der Waals surface area contributed by atoms with Crippen molar-refractivity contribution in [2.75, 3.05) is 12.9 Å². The number of carbonyl (C=O) groups is 1. The molecule has 2 atom stereocenters. The van der Waals surface area contributed by atoms with Gasteiger partial charge in [0, 0.05) is 17.0 Å². The van der Waals surface area contributed by atoms with Crippen molar-refractivity contribution in [2.24, 2.45) is 11.1 Å². The van der Waals surface area contributed by atoms with Crippen molar-refractivity contribution in [3.63, 3.8) is 0 Å². The fraction of sp³-hybridized carbons (Fsp3) is 0.917. The van der Waals surface area contributed by atoms with Gasteiger partial charge in [0.1, 0.15) is 0 Å². The van der Waals surface area contributed by atoms with Gasteiger partial charge >= 0.3 is 5.97 Å². The molecule has 2 N–H and O–H groups in total. The lowest BCUT2D eigenvalue weighted by Gasteiger charge is -2.38. The number of thioether (sulfide) groups is 1. The SMILES string of the molecule is COC(=O)CCSC1CC(C)(C)CCC1N. The first-order valence-corrected chi connectivity index (χ1v) is 6.93. The van der Waals surface area contributed by atoms with E-state index in [1.807, 2.05) is 11.8 Å². The summed E-state index contributed by atoms with van der Waals surface area (Å²) in [6.07, 6.45) is 3.95. The van der Waals surface area contributed by atoms with E-state index in [1.165, 1.54) is 13.5 Å². The molecule has 0 heterocycles. The molecule has 1 aliphatic rings. The molecule has 16 heavy (non-hydrogen) atoms. The third-order valence-electron chi connectivity index (χ3n) is 3.25. The summed E-state index contributed by atoms with van der Waals surface area (Å²) in [5.41, 5.74) is 6.51. The van der Waals surface area contributed by atoms with Crippen LogP contribution in [0, 0.1) is 5.41 Å². The monoisotopic (exact) mass is 245 g/mol. The lowest BCUT2D eigenvalue weighted by atomic mass is 9.75. The van der Waals surface area contributed by atoms with Crippen LogP contribution in [0.2, 0.25) is 0 Å². The summed E-state index contributed by atoms with van der Waals surface area (Å²) in [5, 5.41) is 0.494. The smallest absolute Gasteiger partial charge is 0.306 e. The van der Waals surface area contributed by atoms with Gasteiger partial charge in [0.25, 0.3) is 0 Å². The van der Waals surface area contributed by atoms with Crippen molar-refractivity contribution in [2.45, 2.75) is 50.8 Å². The molecular formula is C12H23NO2S. The van der Waals surface area contributed by atoms with Crippen LogP contribution >= 0.6 is 11.8 Å². The maximum Gasteiger partial charge on any atom is 0.306 e. The second kappa shape index (κ2) is 5.92. The minimum atomic E-state index is -0.129. The fourth-order valence-electron chi connectivity index (χ4n) is 2.12. The highest BCUT2D eigenvalue weighted by atomic mass is 32.2. The van der Waals surface area contributed by atoms with Crippen LogP contribution in [0.1, 0.15) is 39.5 Å².